The number of nitrogens with one attached hydrogen (secondary N) is 1. The van der Waals surface area contributed by atoms with Crippen LogP contribution in [-0.2, 0) is 33.2 Å². The van der Waals surface area contributed by atoms with Gasteiger partial charge in [-0.3, -0.25) is 4.79 Å². The fourth-order valence-electron chi connectivity index (χ4n) is 10.5. The minimum absolute atomic E-state index is 0.228. The SMILES string of the molecule is CC/C=C\C/C=C\C/C=C\C/C=C\C/C=C\C/C=C\C/C=C\C/C=C\C/C=C\C/C=C\CCCCCCCCCCCCC(=O)NC(COC1OC(CO)C(OC2OC(CO)C(OC3OC(CO)C(O)C(O)C3O)C(O)C2O)C(O)C1O)C(O)/C=C/CCCCC. The minimum Gasteiger partial charge on any atom is -0.394 e. The van der Waals surface area contributed by atoms with Crippen LogP contribution < -0.4 is 5.32 Å². The van der Waals surface area contributed by atoms with Crippen molar-refractivity contribution < 1.29 is 89.4 Å². The lowest BCUT2D eigenvalue weighted by Gasteiger charge is -2.48. The van der Waals surface area contributed by atoms with Gasteiger partial charge in [0.1, 0.15) is 73.2 Å². The van der Waals surface area contributed by atoms with Gasteiger partial charge < -0.3 is 89.9 Å². The molecule has 3 fully saturated rings. The molecular weight excluding hydrogens is 1170 g/mol. The van der Waals surface area contributed by atoms with Crippen molar-refractivity contribution in [3.05, 3.63) is 134 Å². The third-order valence-electron chi connectivity index (χ3n) is 16.0. The monoisotopic (exact) mass is 1280 g/mol. The van der Waals surface area contributed by atoms with Crippen molar-refractivity contribution in [2.75, 3.05) is 26.4 Å². The van der Waals surface area contributed by atoms with Crippen LogP contribution in [0.25, 0.3) is 0 Å². The molecule has 0 bridgehead atoms. The van der Waals surface area contributed by atoms with E-state index >= 15 is 0 Å². The molecule has 17 unspecified atom stereocenters. The minimum atomic E-state index is -1.98. The zero-order valence-corrected chi connectivity index (χ0v) is 54.5. The van der Waals surface area contributed by atoms with Crippen molar-refractivity contribution in [3.63, 3.8) is 0 Å². The number of rotatable bonds is 49. The van der Waals surface area contributed by atoms with Gasteiger partial charge in [-0.15, -0.1) is 0 Å². The van der Waals surface area contributed by atoms with E-state index in [4.69, 9.17) is 28.4 Å². The third kappa shape index (κ3) is 34.3. The fourth-order valence-corrected chi connectivity index (χ4v) is 10.5. The van der Waals surface area contributed by atoms with Crippen molar-refractivity contribution in [1.82, 2.24) is 5.32 Å². The highest BCUT2D eigenvalue weighted by Gasteiger charge is 2.53. The molecule has 19 nitrogen and oxygen atoms in total. The summed E-state index contributed by atoms with van der Waals surface area (Å²) in [6.45, 7) is 1.44. The molecule has 0 aromatic heterocycles. The van der Waals surface area contributed by atoms with Crippen molar-refractivity contribution in [3.8, 4) is 0 Å². The summed E-state index contributed by atoms with van der Waals surface area (Å²) in [5, 5.41) is 120. The molecule has 0 aromatic carbocycles. The van der Waals surface area contributed by atoms with Crippen LogP contribution in [-0.4, -0.2) is 193 Å². The van der Waals surface area contributed by atoms with Gasteiger partial charge in [-0.1, -0.05) is 212 Å². The first-order valence-electron chi connectivity index (χ1n) is 33.9. The Labute approximate surface area is 543 Å². The zero-order chi connectivity index (χ0) is 66.1. The predicted molar refractivity (Wildman–Crippen MR) is 355 cm³/mol. The molecule has 3 saturated heterocycles. The average Bonchev–Trinajstić information content (AvgIpc) is 0.864. The Bertz CT molecular complexity index is 2170. The number of aliphatic hydroxyl groups excluding tert-OH is 11. The second kappa shape index (κ2) is 52.2. The first-order chi connectivity index (χ1) is 44.3. The highest BCUT2D eigenvalue weighted by atomic mass is 16.8. The average molecular weight is 1280 g/mol. The number of hydrogen-bond donors (Lipinski definition) is 12. The molecule has 1 amide bonds. The smallest absolute Gasteiger partial charge is 0.220 e. The summed E-state index contributed by atoms with van der Waals surface area (Å²) in [5.74, 6) is -0.295. The first-order valence-corrected chi connectivity index (χ1v) is 33.9. The Hall–Kier alpha value is -4.07. The van der Waals surface area contributed by atoms with Crippen LogP contribution in [0.15, 0.2) is 134 Å². The Morgan fingerprint density at radius 2 is 0.758 bits per heavy atom. The number of carbonyl (C=O) groups is 1. The van der Waals surface area contributed by atoms with Gasteiger partial charge in [0, 0.05) is 6.42 Å². The first kappa shape index (κ1) is 81.2. The molecule has 0 spiro atoms. The molecule has 3 aliphatic heterocycles. The van der Waals surface area contributed by atoms with Crippen LogP contribution in [0.1, 0.15) is 181 Å². The van der Waals surface area contributed by atoms with Gasteiger partial charge in [0.25, 0.3) is 0 Å². The van der Waals surface area contributed by atoms with Crippen LogP contribution >= 0.6 is 0 Å². The maximum Gasteiger partial charge on any atom is 0.220 e. The molecular formula is C72H117NO18. The van der Waals surface area contributed by atoms with E-state index in [0.29, 0.717) is 12.8 Å². The predicted octanol–water partition coefficient (Wildman–Crippen LogP) is 8.60. The van der Waals surface area contributed by atoms with Crippen molar-refractivity contribution in [2.45, 2.75) is 285 Å². The molecule has 0 aromatic rings. The van der Waals surface area contributed by atoms with E-state index in [1.54, 1.807) is 6.08 Å². The molecule has 17 atom stereocenters. The van der Waals surface area contributed by atoms with Gasteiger partial charge >= 0.3 is 0 Å². The topological polar surface area (TPSA) is 307 Å². The molecule has 3 rings (SSSR count). The van der Waals surface area contributed by atoms with Crippen molar-refractivity contribution in [1.29, 1.82) is 0 Å². The van der Waals surface area contributed by atoms with E-state index in [1.807, 2.05) is 6.08 Å². The van der Waals surface area contributed by atoms with Gasteiger partial charge in [0.05, 0.1) is 38.6 Å². The summed E-state index contributed by atoms with van der Waals surface area (Å²) < 4.78 is 34.1. The zero-order valence-electron chi connectivity index (χ0n) is 54.5. The van der Waals surface area contributed by atoms with Crippen LogP contribution in [0.3, 0.4) is 0 Å². The number of aliphatic hydroxyl groups is 11. The van der Waals surface area contributed by atoms with E-state index in [2.05, 4.69) is 141 Å². The largest absolute Gasteiger partial charge is 0.394 e. The van der Waals surface area contributed by atoms with E-state index in [9.17, 15) is 61.0 Å². The number of allylic oxidation sites excluding steroid dienone is 21. The molecule has 0 aliphatic carbocycles. The second-order valence-corrected chi connectivity index (χ2v) is 23.6. The Morgan fingerprint density at radius 3 is 1.19 bits per heavy atom. The standard InChI is InChI=1S/C72H117NO18/c1-3-5-7-9-10-11-12-13-14-15-16-17-18-19-20-21-22-23-24-25-26-27-28-29-30-31-32-33-34-35-36-37-38-39-40-41-42-43-44-46-48-50-60(78)73-55(56(77)49-47-45-8-6-4-2)54-86-70-66(84)63(81)68(58(52-75)88-70)91-72-67(85)64(82)69(59(53-76)89-72)90-71-65(83)62(80)61(79)57(51-74)87-71/h5,7,10-11,13-14,16-17,19-20,22-23,25-26,28-29,31-32,34-35,47,49,55-59,61-72,74-77,79-85H,3-4,6,8-9,12,15,18,21,24,27,30,33,36-46,48,50-54H2,1-2H3,(H,73,78)/b7-5-,11-10-,14-13-,17-16-,20-19-,23-22-,26-25-,29-28-,32-31-,35-34-,49-47+. The molecule has 19 heteroatoms. The molecule has 3 heterocycles. The summed E-state index contributed by atoms with van der Waals surface area (Å²) in [4.78, 5) is 13.2. The number of ether oxygens (including phenoxy) is 6. The highest BCUT2D eigenvalue weighted by Crippen LogP contribution is 2.33. The van der Waals surface area contributed by atoms with Crippen molar-refractivity contribution in [2.24, 2.45) is 0 Å². The van der Waals surface area contributed by atoms with Gasteiger partial charge in [-0.25, -0.2) is 0 Å². The van der Waals surface area contributed by atoms with Crippen LogP contribution in [0, 0.1) is 0 Å². The maximum absolute atomic E-state index is 13.2. The summed E-state index contributed by atoms with van der Waals surface area (Å²) in [7, 11) is 0. The summed E-state index contributed by atoms with van der Waals surface area (Å²) in [6, 6.07) is -0.980. The Morgan fingerprint density at radius 1 is 0.407 bits per heavy atom. The Kier molecular flexibility index (Phi) is 46.6. The lowest BCUT2D eigenvalue weighted by Crippen LogP contribution is -2.66. The lowest BCUT2D eigenvalue weighted by atomic mass is 9.96. The van der Waals surface area contributed by atoms with Gasteiger partial charge in [0.15, 0.2) is 18.9 Å². The Balaban J connectivity index is 1.26. The summed E-state index contributed by atoms with van der Waals surface area (Å²) in [6.07, 6.45) is 46.8. The highest BCUT2D eigenvalue weighted by molar-refractivity contribution is 5.76. The molecule has 0 radical (unpaired) electrons. The van der Waals surface area contributed by atoms with E-state index < -0.39 is 124 Å². The molecule has 0 saturated carbocycles. The summed E-state index contributed by atoms with van der Waals surface area (Å²) >= 11 is 0. The van der Waals surface area contributed by atoms with Crippen LogP contribution in [0.4, 0.5) is 0 Å². The third-order valence-corrected chi connectivity index (χ3v) is 16.0. The van der Waals surface area contributed by atoms with E-state index in [0.717, 1.165) is 116 Å². The molecule has 12 N–H and O–H groups in total. The van der Waals surface area contributed by atoms with Gasteiger partial charge in [0.2, 0.25) is 5.91 Å². The van der Waals surface area contributed by atoms with Crippen LogP contribution in [0.5, 0.6) is 0 Å². The van der Waals surface area contributed by atoms with E-state index in [1.165, 1.54) is 32.1 Å². The number of hydrogen-bond acceptors (Lipinski definition) is 18. The number of carbonyl (C=O) groups excluding carboxylic acids is 1. The lowest BCUT2D eigenvalue weighted by molar-refractivity contribution is -0.379. The van der Waals surface area contributed by atoms with Crippen LogP contribution in [0.2, 0.25) is 0 Å². The maximum atomic E-state index is 13.2. The number of unbranched alkanes of at least 4 members (excludes halogenated alkanes) is 13. The van der Waals surface area contributed by atoms with E-state index in [-0.39, 0.29) is 18.9 Å². The second-order valence-electron chi connectivity index (χ2n) is 23.6. The fraction of sp³-hybridized carbons (Fsp3) is 0.681. The van der Waals surface area contributed by atoms with Crippen molar-refractivity contribution >= 4 is 5.91 Å². The summed E-state index contributed by atoms with van der Waals surface area (Å²) in [5.41, 5.74) is 0. The van der Waals surface area contributed by atoms with Gasteiger partial charge in [-0.2, -0.15) is 0 Å². The normalized spacial score (nSPS) is 28.7. The molecule has 518 valence electrons. The molecule has 3 aliphatic rings. The molecule has 91 heavy (non-hydrogen) atoms. The van der Waals surface area contributed by atoms with Gasteiger partial charge in [-0.05, 0) is 96.3 Å². The quantitative estimate of drug-likeness (QED) is 0.0200. The number of amides is 1.